The number of sulfone groups is 1. The van der Waals surface area contributed by atoms with E-state index in [1.807, 2.05) is 60.4 Å². The van der Waals surface area contributed by atoms with Crippen LogP contribution in [0.1, 0.15) is 11.1 Å². The lowest BCUT2D eigenvalue weighted by Crippen LogP contribution is -2.38. The molecule has 0 aliphatic carbocycles. The molecule has 2 saturated heterocycles. The van der Waals surface area contributed by atoms with Gasteiger partial charge in [-0.15, -0.1) is 0 Å². The van der Waals surface area contributed by atoms with Crippen LogP contribution in [0.25, 0.3) is 0 Å². The first kappa shape index (κ1) is 20.0. The van der Waals surface area contributed by atoms with E-state index in [-0.39, 0.29) is 35.1 Å². The second kappa shape index (κ2) is 7.84. The number of nitrogens with zero attached hydrogens (tertiary/aromatic N) is 2. The maximum atomic E-state index is 12.7. The molecule has 0 saturated carbocycles. The highest BCUT2D eigenvalue weighted by molar-refractivity contribution is 8.16. The fourth-order valence-electron chi connectivity index (χ4n) is 3.74. The fraction of sp³-hybridized carbons (Fsp3) is 0.333. The molecule has 0 spiro atoms. The zero-order valence-electron chi connectivity index (χ0n) is 16.2. The lowest BCUT2D eigenvalue weighted by atomic mass is 10.1. The van der Waals surface area contributed by atoms with Crippen molar-refractivity contribution < 1.29 is 17.9 Å². The van der Waals surface area contributed by atoms with Crippen molar-refractivity contribution in [1.29, 1.82) is 0 Å². The Morgan fingerprint density at radius 3 is 2.59 bits per heavy atom. The molecule has 2 atom stereocenters. The Bertz CT molecular complexity index is 1060. The summed E-state index contributed by atoms with van der Waals surface area (Å²) in [7, 11) is -1.48. The van der Waals surface area contributed by atoms with Crippen LogP contribution < -0.4 is 9.64 Å². The summed E-state index contributed by atoms with van der Waals surface area (Å²) in [5, 5.41) is 0.481. The number of hydrogen-bond donors (Lipinski definition) is 0. The van der Waals surface area contributed by atoms with Gasteiger partial charge in [0.15, 0.2) is 15.0 Å². The Labute approximate surface area is 174 Å². The highest BCUT2D eigenvalue weighted by Gasteiger charge is 2.49. The van der Waals surface area contributed by atoms with Crippen LogP contribution in [0, 0.1) is 6.92 Å². The normalized spacial score (nSPS) is 23.9. The van der Waals surface area contributed by atoms with Crippen molar-refractivity contribution in [2.45, 2.75) is 24.6 Å². The van der Waals surface area contributed by atoms with Crippen LogP contribution >= 0.6 is 11.8 Å². The molecule has 2 aromatic rings. The molecule has 0 aromatic heterocycles. The van der Waals surface area contributed by atoms with Gasteiger partial charge in [0.2, 0.25) is 0 Å². The first-order valence-electron chi connectivity index (χ1n) is 9.33. The van der Waals surface area contributed by atoms with Gasteiger partial charge in [-0.3, -0.25) is 4.79 Å². The summed E-state index contributed by atoms with van der Waals surface area (Å²) in [6, 6.07) is 14.9. The van der Waals surface area contributed by atoms with Gasteiger partial charge in [-0.25, -0.2) is 8.42 Å². The van der Waals surface area contributed by atoms with Crippen LogP contribution in [0.15, 0.2) is 53.5 Å². The number of aryl methyl sites for hydroxylation is 1. The summed E-state index contributed by atoms with van der Waals surface area (Å²) in [6.07, 6.45) is 0.184. The number of hydrogen-bond acceptors (Lipinski definition) is 5. The van der Waals surface area contributed by atoms with Gasteiger partial charge in [0.05, 0.1) is 31.1 Å². The Morgan fingerprint density at radius 1 is 1.17 bits per heavy atom. The molecule has 29 heavy (non-hydrogen) atoms. The summed E-state index contributed by atoms with van der Waals surface area (Å²) in [6.45, 7) is 1.98. The van der Waals surface area contributed by atoms with E-state index in [2.05, 4.69) is 4.99 Å². The Kier molecular flexibility index (Phi) is 5.40. The van der Waals surface area contributed by atoms with Gasteiger partial charge in [-0.1, -0.05) is 42.1 Å². The van der Waals surface area contributed by atoms with Crippen LogP contribution in [-0.4, -0.2) is 49.4 Å². The second-order valence-electron chi connectivity index (χ2n) is 7.27. The number of amidine groups is 1. The van der Waals surface area contributed by atoms with Crippen LogP contribution in [0.2, 0.25) is 0 Å². The summed E-state index contributed by atoms with van der Waals surface area (Å²) in [5.41, 5.74) is 2.78. The zero-order chi connectivity index (χ0) is 20.6. The summed E-state index contributed by atoms with van der Waals surface area (Å²) in [5.74, 6) is 0.693. The average molecular weight is 431 g/mol. The molecule has 0 unspecified atom stereocenters. The number of carbonyl (C=O) groups is 1. The number of methoxy groups -OCH3 is 1. The molecule has 0 bridgehead atoms. The second-order valence-corrected chi connectivity index (χ2v) is 10.6. The summed E-state index contributed by atoms with van der Waals surface area (Å²) >= 11 is 1.40. The number of anilines is 1. The van der Waals surface area contributed by atoms with E-state index in [9.17, 15) is 13.2 Å². The molecule has 8 heteroatoms. The minimum Gasteiger partial charge on any atom is -0.497 e. The molecule has 0 N–H and O–H groups in total. The Hall–Kier alpha value is -2.32. The largest absolute Gasteiger partial charge is 0.497 e. The molecule has 6 nitrogen and oxygen atoms in total. The molecule has 2 aliphatic heterocycles. The van der Waals surface area contributed by atoms with E-state index in [1.54, 1.807) is 7.11 Å². The fourth-order valence-corrected chi connectivity index (χ4v) is 7.67. The highest BCUT2D eigenvalue weighted by atomic mass is 32.2. The van der Waals surface area contributed by atoms with Crippen LogP contribution in [0.4, 0.5) is 5.69 Å². The summed E-state index contributed by atoms with van der Waals surface area (Å²) < 4.78 is 29.5. The number of thioether (sulfide) groups is 1. The quantitative estimate of drug-likeness (QED) is 0.743. The van der Waals surface area contributed by atoms with E-state index < -0.39 is 9.84 Å². The molecule has 2 aliphatic rings. The van der Waals surface area contributed by atoms with Gasteiger partial charge in [0.25, 0.3) is 5.91 Å². The first-order valence-corrected chi connectivity index (χ1v) is 12.0. The van der Waals surface area contributed by atoms with Gasteiger partial charge in [-0.2, -0.15) is 4.99 Å². The van der Waals surface area contributed by atoms with Gasteiger partial charge in [0.1, 0.15) is 5.75 Å². The molecule has 2 aromatic carbocycles. The lowest BCUT2D eigenvalue weighted by molar-refractivity contribution is -0.117. The number of fused-ring (bicyclic) bond motifs is 1. The van der Waals surface area contributed by atoms with E-state index in [0.29, 0.717) is 5.17 Å². The number of ether oxygens (including phenoxy) is 1. The van der Waals surface area contributed by atoms with Gasteiger partial charge >= 0.3 is 0 Å². The highest BCUT2D eigenvalue weighted by Crippen LogP contribution is 2.41. The average Bonchev–Trinajstić information content (AvgIpc) is 3.13. The van der Waals surface area contributed by atoms with E-state index >= 15 is 0 Å². The van der Waals surface area contributed by atoms with Crippen LogP contribution in [-0.2, 0) is 21.1 Å². The third-order valence-corrected chi connectivity index (χ3v) is 8.39. The third-order valence-electron chi connectivity index (χ3n) is 5.18. The standard InChI is InChI=1S/C21H22N2O4S2/c1-14-5-3-4-6-17(14)23-18-12-29(25,26)13-19(18)28-21(23)22-20(24)11-15-7-9-16(27-2)10-8-15/h3-10,18-19H,11-13H2,1-2H3/t18-,19+/m0/s1. The number of para-hydroxylation sites is 1. The van der Waals surface area contributed by atoms with Crippen molar-refractivity contribution in [3.05, 3.63) is 59.7 Å². The molecule has 2 fully saturated rings. The van der Waals surface area contributed by atoms with Crippen molar-refractivity contribution in [3.8, 4) is 5.75 Å². The van der Waals surface area contributed by atoms with Gasteiger partial charge in [-0.05, 0) is 36.2 Å². The predicted octanol–water partition coefficient (Wildman–Crippen LogP) is 2.85. The molecule has 4 rings (SSSR count). The maximum absolute atomic E-state index is 12.7. The molecule has 0 radical (unpaired) electrons. The molecule has 1 amide bonds. The minimum atomic E-state index is -3.08. The minimum absolute atomic E-state index is 0.0880. The predicted molar refractivity (Wildman–Crippen MR) is 117 cm³/mol. The van der Waals surface area contributed by atoms with Crippen molar-refractivity contribution in [3.63, 3.8) is 0 Å². The molecule has 152 valence electrons. The monoisotopic (exact) mass is 430 g/mol. The maximum Gasteiger partial charge on any atom is 0.252 e. The van der Waals surface area contributed by atoms with Crippen molar-refractivity contribution in [2.24, 2.45) is 4.99 Å². The van der Waals surface area contributed by atoms with Crippen LogP contribution in [0.3, 0.4) is 0 Å². The molecular formula is C21H22N2O4S2. The number of aliphatic imine (C=N–C) groups is 1. The van der Waals surface area contributed by atoms with Crippen LogP contribution in [0.5, 0.6) is 5.75 Å². The topological polar surface area (TPSA) is 76.0 Å². The first-order chi connectivity index (χ1) is 13.9. The number of rotatable bonds is 4. The molecule has 2 heterocycles. The van der Waals surface area contributed by atoms with E-state index in [0.717, 1.165) is 22.6 Å². The smallest absolute Gasteiger partial charge is 0.252 e. The Morgan fingerprint density at radius 2 is 1.90 bits per heavy atom. The van der Waals surface area contributed by atoms with Crippen molar-refractivity contribution >= 4 is 38.4 Å². The van der Waals surface area contributed by atoms with Gasteiger partial charge in [0, 0.05) is 10.9 Å². The number of benzene rings is 2. The van der Waals surface area contributed by atoms with Gasteiger partial charge < -0.3 is 9.64 Å². The lowest BCUT2D eigenvalue weighted by Gasteiger charge is -2.26. The van der Waals surface area contributed by atoms with Crippen molar-refractivity contribution in [1.82, 2.24) is 0 Å². The number of carbonyl (C=O) groups excluding carboxylic acids is 1. The zero-order valence-corrected chi connectivity index (χ0v) is 17.9. The summed E-state index contributed by atoms with van der Waals surface area (Å²) in [4.78, 5) is 19.0. The Balaban J connectivity index is 1.62. The van der Waals surface area contributed by atoms with E-state index in [4.69, 9.17) is 4.74 Å². The van der Waals surface area contributed by atoms with Crippen molar-refractivity contribution in [2.75, 3.05) is 23.5 Å². The number of amides is 1. The van der Waals surface area contributed by atoms with E-state index in [1.165, 1.54) is 11.8 Å². The molecular weight excluding hydrogens is 408 g/mol. The SMILES string of the molecule is COc1ccc(CC(=O)N=C2S[C@@H]3CS(=O)(=O)C[C@@H]3N2c2ccccc2C)cc1. The third kappa shape index (κ3) is 4.18.